The highest BCUT2D eigenvalue weighted by Crippen LogP contribution is 2.38. The van der Waals surface area contributed by atoms with Crippen LogP contribution in [0.25, 0.3) is 0 Å². The summed E-state index contributed by atoms with van der Waals surface area (Å²) in [6.07, 6.45) is 0. The number of halogens is 1. The molecular formula is C25H21ClN2O2S. The SMILES string of the molecule is Cc1ccc(NC2=C(Sc3ccc(C)cc3)C(=O)N(c3ccc(C)c(Cl)c3)C2=O)cc1. The molecule has 0 radical (unpaired) electrons. The number of thioether (sulfide) groups is 1. The minimum absolute atomic E-state index is 0.260. The Morgan fingerprint density at radius 2 is 1.42 bits per heavy atom. The highest BCUT2D eigenvalue weighted by atomic mass is 35.5. The molecule has 4 rings (SSSR count). The molecule has 31 heavy (non-hydrogen) atoms. The Labute approximate surface area is 190 Å². The first-order valence-electron chi connectivity index (χ1n) is 9.81. The summed E-state index contributed by atoms with van der Waals surface area (Å²) < 4.78 is 0. The van der Waals surface area contributed by atoms with Crippen molar-refractivity contribution in [2.75, 3.05) is 10.2 Å². The molecule has 0 unspecified atom stereocenters. The van der Waals surface area contributed by atoms with E-state index in [4.69, 9.17) is 11.6 Å². The van der Waals surface area contributed by atoms with Gasteiger partial charge in [-0.1, -0.05) is 64.8 Å². The van der Waals surface area contributed by atoms with Crippen molar-refractivity contribution >= 4 is 46.6 Å². The zero-order valence-corrected chi connectivity index (χ0v) is 19.0. The van der Waals surface area contributed by atoms with Gasteiger partial charge in [0.1, 0.15) is 10.6 Å². The van der Waals surface area contributed by atoms with Crippen LogP contribution in [0, 0.1) is 20.8 Å². The number of hydrogen-bond acceptors (Lipinski definition) is 4. The largest absolute Gasteiger partial charge is 0.350 e. The third-order valence-electron chi connectivity index (χ3n) is 5.02. The molecule has 1 N–H and O–H groups in total. The van der Waals surface area contributed by atoms with Crippen molar-refractivity contribution in [2.45, 2.75) is 25.7 Å². The van der Waals surface area contributed by atoms with Gasteiger partial charge < -0.3 is 5.32 Å². The predicted octanol–water partition coefficient (Wildman–Crippen LogP) is 6.25. The zero-order chi connectivity index (χ0) is 22.1. The molecule has 0 saturated carbocycles. The van der Waals surface area contributed by atoms with E-state index < -0.39 is 5.91 Å². The summed E-state index contributed by atoms with van der Waals surface area (Å²) in [6, 6.07) is 20.7. The lowest BCUT2D eigenvalue weighted by molar-refractivity contribution is -0.120. The molecule has 156 valence electrons. The van der Waals surface area contributed by atoms with Gasteiger partial charge in [-0.25, -0.2) is 4.90 Å². The third kappa shape index (κ3) is 4.38. The molecule has 1 heterocycles. The Kier molecular flexibility index (Phi) is 5.90. The van der Waals surface area contributed by atoms with E-state index >= 15 is 0 Å². The maximum Gasteiger partial charge on any atom is 0.283 e. The normalized spacial score (nSPS) is 13.9. The van der Waals surface area contributed by atoms with E-state index in [1.54, 1.807) is 18.2 Å². The van der Waals surface area contributed by atoms with Gasteiger partial charge in [0.15, 0.2) is 0 Å². The first kappa shape index (κ1) is 21.2. The van der Waals surface area contributed by atoms with Crippen molar-refractivity contribution in [3.63, 3.8) is 0 Å². The number of benzene rings is 3. The Morgan fingerprint density at radius 1 is 0.806 bits per heavy atom. The number of anilines is 2. The first-order valence-corrected chi connectivity index (χ1v) is 11.0. The fourth-order valence-corrected chi connectivity index (χ4v) is 4.28. The minimum Gasteiger partial charge on any atom is -0.350 e. The summed E-state index contributed by atoms with van der Waals surface area (Å²) in [4.78, 5) is 29.2. The second kappa shape index (κ2) is 8.61. The van der Waals surface area contributed by atoms with Crippen LogP contribution in [0.1, 0.15) is 16.7 Å². The number of aryl methyl sites for hydroxylation is 3. The van der Waals surface area contributed by atoms with Crippen molar-refractivity contribution in [1.82, 2.24) is 0 Å². The van der Waals surface area contributed by atoms with Gasteiger partial charge >= 0.3 is 0 Å². The highest BCUT2D eigenvalue weighted by Gasteiger charge is 2.40. The van der Waals surface area contributed by atoms with Crippen LogP contribution >= 0.6 is 23.4 Å². The van der Waals surface area contributed by atoms with E-state index in [-0.39, 0.29) is 11.6 Å². The smallest absolute Gasteiger partial charge is 0.283 e. The standard InChI is InChI=1S/C25H21ClN2O2S/c1-15-4-9-18(10-5-15)27-22-23(31-20-12-6-16(2)7-13-20)25(30)28(24(22)29)19-11-8-17(3)21(26)14-19/h4-14,27H,1-3H3. The van der Waals surface area contributed by atoms with E-state index in [1.807, 2.05) is 69.3 Å². The van der Waals surface area contributed by atoms with Gasteiger partial charge in [0, 0.05) is 15.6 Å². The number of carbonyl (C=O) groups is 2. The number of rotatable bonds is 5. The number of imide groups is 1. The Balaban J connectivity index is 1.74. The van der Waals surface area contributed by atoms with Crippen LogP contribution in [0.4, 0.5) is 11.4 Å². The first-order chi connectivity index (χ1) is 14.8. The molecule has 0 aromatic heterocycles. The molecule has 0 atom stereocenters. The molecule has 4 nitrogen and oxygen atoms in total. The van der Waals surface area contributed by atoms with Crippen LogP contribution in [-0.2, 0) is 9.59 Å². The van der Waals surface area contributed by atoms with Crippen molar-refractivity contribution < 1.29 is 9.59 Å². The monoisotopic (exact) mass is 448 g/mol. The van der Waals surface area contributed by atoms with E-state index in [0.717, 1.165) is 27.3 Å². The number of amides is 2. The molecule has 1 aliphatic heterocycles. The number of nitrogens with zero attached hydrogens (tertiary/aromatic N) is 1. The molecule has 2 amide bonds. The number of carbonyl (C=O) groups excluding carboxylic acids is 2. The van der Waals surface area contributed by atoms with Gasteiger partial charge in [0.25, 0.3) is 11.8 Å². The average molecular weight is 449 g/mol. The van der Waals surface area contributed by atoms with Crippen LogP contribution in [0.5, 0.6) is 0 Å². The van der Waals surface area contributed by atoms with E-state index in [1.165, 1.54) is 16.7 Å². The van der Waals surface area contributed by atoms with Gasteiger partial charge in [-0.2, -0.15) is 0 Å². The fraction of sp³-hybridized carbons (Fsp3) is 0.120. The predicted molar refractivity (Wildman–Crippen MR) is 128 cm³/mol. The summed E-state index contributed by atoms with van der Waals surface area (Å²) in [6.45, 7) is 5.88. The topological polar surface area (TPSA) is 49.4 Å². The average Bonchev–Trinajstić information content (AvgIpc) is 2.97. The highest BCUT2D eigenvalue weighted by molar-refractivity contribution is 8.04. The molecular weight excluding hydrogens is 428 g/mol. The minimum atomic E-state index is -0.403. The Morgan fingerprint density at radius 3 is 2.03 bits per heavy atom. The lowest BCUT2D eigenvalue weighted by Crippen LogP contribution is -2.32. The Bertz CT molecular complexity index is 1130. The van der Waals surface area contributed by atoms with Crippen molar-refractivity contribution in [2.24, 2.45) is 0 Å². The van der Waals surface area contributed by atoms with Gasteiger partial charge in [0.05, 0.1) is 5.69 Å². The van der Waals surface area contributed by atoms with Crippen molar-refractivity contribution in [3.05, 3.63) is 99.0 Å². The summed E-state index contributed by atoms with van der Waals surface area (Å²) in [5.74, 6) is -0.773. The summed E-state index contributed by atoms with van der Waals surface area (Å²) in [7, 11) is 0. The van der Waals surface area contributed by atoms with Crippen molar-refractivity contribution in [3.8, 4) is 0 Å². The van der Waals surface area contributed by atoms with Crippen LogP contribution in [0.3, 0.4) is 0 Å². The molecule has 3 aromatic rings. The second-order valence-electron chi connectivity index (χ2n) is 7.49. The van der Waals surface area contributed by atoms with Crippen LogP contribution in [0.15, 0.2) is 82.2 Å². The van der Waals surface area contributed by atoms with Gasteiger partial charge in [0.2, 0.25) is 0 Å². The number of hydrogen-bond donors (Lipinski definition) is 1. The van der Waals surface area contributed by atoms with Crippen LogP contribution in [0.2, 0.25) is 5.02 Å². The second-order valence-corrected chi connectivity index (χ2v) is 8.98. The molecule has 0 aliphatic carbocycles. The molecule has 0 fully saturated rings. The molecule has 1 aliphatic rings. The molecule has 6 heteroatoms. The van der Waals surface area contributed by atoms with Crippen LogP contribution in [-0.4, -0.2) is 11.8 Å². The summed E-state index contributed by atoms with van der Waals surface area (Å²) >= 11 is 7.55. The quantitative estimate of drug-likeness (QED) is 0.468. The lowest BCUT2D eigenvalue weighted by Gasteiger charge is -2.16. The fourth-order valence-electron chi connectivity index (χ4n) is 3.18. The van der Waals surface area contributed by atoms with E-state index in [2.05, 4.69) is 5.32 Å². The van der Waals surface area contributed by atoms with Gasteiger partial charge in [-0.15, -0.1) is 0 Å². The molecule has 0 saturated heterocycles. The molecule has 0 spiro atoms. The zero-order valence-electron chi connectivity index (χ0n) is 17.4. The van der Waals surface area contributed by atoms with Crippen LogP contribution < -0.4 is 10.2 Å². The lowest BCUT2D eigenvalue weighted by atomic mass is 10.2. The maximum atomic E-state index is 13.4. The number of nitrogens with one attached hydrogen (secondary N) is 1. The van der Waals surface area contributed by atoms with Crippen molar-refractivity contribution in [1.29, 1.82) is 0 Å². The summed E-state index contributed by atoms with van der Waals surface area (Å²) in [5.41, 5.74) is 4.57. The van der Waals surface area contributed by atoms with E-state index in [9.17, 15) is 9.59 Å². The third-order valence-corrected chi connectivity index (χ3v) is 6.51. The van der Waals surface area contributed by atoms with Gasteiger partial charge in [-0.05, 0) is 62.7 Å². The van der Waals surface area contributed by atoms with E-state index in [0.29, 0.717) is 15.6 Å². The maximum absolute atomic E-state index is 13.4. The summed E-state index contributed by atoms with van der Waals surface area (Å²) in [5, 5.41) is 3.67. The Hall–Kier alpha value is -3.02. The molecule has 3 aromatic carbocycles. The molecule has 0 bridgehead atoms. The van der Waals surface area contributed by atoms with Gasteiger partial charge in [-0.3, -0.25) is 9.59 Å².